The van der Waals surface area contributed by atoms with E-state index < -0.39 is 10.0 Å². The van der Waals surface area contributed by atoms with Crippen LogP contribution in [0, 0.1) is 0 Å². The Morgan fingerprint density at radius 2 is 0.515 bits per heavy atom. The highest BCUT2D eigenvalue weighted by Crippen LogP contribution is 2.73. The number of benzene rings is 4. The minimum absolute atomic E-state index is 0.825. The largest absolute Gasteiger partial charge is 0.497 e. The van der Waals surface area contributed by atoms with Crippen LogP contribution in [-0.4, -0.2) is 28.4 Å². The predicted octanol–water partition coefficient (Wildman–Crippen LogP) is 7.06. The lowest BCUT2D eigenvalue weighted by Gasteiger charge is -2.42. The highest BCUT2D eigenvalue weighted by molar-refractivity contribution is 8.34. The second kappa shape index (κ2) is 9.92. The van der Waals surface area contributed by atoms with Crippen molar-refractivity contribution in [2.75, 3.05) is 28.4 Å². The van der Waals surface area contributed by atoms with E-state index in [9.17, 15) is 0 Å². The molecule has 0 N–H and O–H groups in total. The Morgan fingerprint density at radius 3 is 0.667 bits per heavy atom. The van der Waals surface area contributed by atoms with Gasteiger partial charge in [0.2, 0.25) is 0 Å². The average Bonchev–Trinajstić information content (AvgIpc) is 2.90. The van der Waals surface area contributed by atoms with E-state index in [0.29, 0.717) is 0 Å². The molecule has 0 saturated carbocycles. The van der Waals surface area contributed by atoms with E-state index >= 15 is 0 Å². The number of hydrogen-bond donors (Lipinski definition) is 0. The van der Waals surface area contributed by atoms with Gasteiger partial charge in [-0.2, -0.15) is 0 Å². The summed E-state index contributed by atoms with van der Waals surface area (Å²) in [4.78, 5) is 4.79. The summed E-state index contributed by atoms with van der Waals surface area (Å²) < 4.78 is 21.8. The molecule has 4 aromatic rings. The summed E-state index contributed by atoms with van der Waals surface area (Å²) in [6, 6.07) is 33.4. The molecule has 0 radical (unpaired) electrons. The van der Waals surface area contributed by atoms with Crippen LogP contribution in [-0.2, 0) is 0 Å². The van der Waals surface area contributed by atoms with E-state index in [0.717, 1.165) is 23.0 Å². The second-order valence-corrected chi connectivity index (χ2v) is 10.4. The third kappa shape index (κ3) is 4.24. The lowest BCUT2D eigenvalue weighted by atomic mass is 10.3. The SMILES string of the molecule is COc1ccc(S(c2ccc(OC)cc2)(c2ccc(OC)cc2)c2ccc(OC)cc2)cc1. The van der Waals surface area contributed by atoms with Gasteiger partial charge in [0.15, 0.2) is 0 Å². The molecule has 0 bridgehead atoms. The lowest BCUT2D eigenvalue weighted by Crippen LogP contribution is -2.05. The Hall–Kier alpha value is -3.57. The van der Waals surface area contributed by atoms with Crippen LogP contribution in [0.4, 0.5) is 0 Å². The molecule has 0 aliphatic heterocycles. The Kier molecular flexibility index (Phi) is 6.80. The summed E-state index contributed by atoms with van der Waals surface area (Å²) in [5.74, 6) is 3.30. The van der Waals surface area contributed by atoms with Crippen LogP contribution in [0.1, 0.15) is 0 Å². The lowest BCUT2D eigenvalue weighted by molar-refractivity contribution is 0.414. The van der Waals surface area contributed by atoms with Crippen molar-refractivity contribution in [2.24, 2.45) is 0 Å². The van der Waals surface area contributed by atoms with Gasteiger partial charge in [-0.1, -0.05) is 0 Å². The summed E-state index contributed by atoms with van der Waals surface area (Å²) in [7, 11) is 4.91. The van der Waals surface area contributed by atoms with Crippen molar-refractivity contribution in [3.05, 3.63) is 97.1 Å². The summed E-state index contributed by atoms with van der Waals surface area (Å²) >= 11 is 0. The van der Waals surface area contributed by atoms with Crippen molar-refractivity contribution in [1.82, 2.24) is 0 Å². The Bertz CT molecular complexity index is 973. The molecule has 0 heterocycles. The number of methoxy groups -OCH3 is 4. The first kappa shape index (κ1) is 22.6. The van der Waals surface area contributed by atoms with Crippen molar-refractivity contribution in [3.8, 4) is 23.0 Å². The summed E-state index contributed by atoms with van der Waals surface area (Å²) in [5, 5.41) is 0. The minimum Gasteiger partial charge on any atom is -0.497 e. The first-order valence-electron chi connectivity index (χ1n) is 10.6. The molecule has 33 heavy (non-hydrogen) atoms. The van der Waals surface area contributed by atoms with Gasteiger partial charge < -0.3 is 18.9 Å². The molecule has 4 aromatic carbocycles. The quantitative estimate of drug-likeness (QED) is 0.282. The van der Waals surface area contributed by atoms with Crippen LogP contribution in [0.3, 0.4) is 0 Å². The number of rotatable bonds is 8. The van der Waals surface area contributed by atoms with Gasteiger partial charge in [-0.15, -0.1) is 10.0 Å². The molecule has 5 heteroatoms. The van der Waals surface area contributed by atoms with Gasteiger partial charge in [0.05, 0.1) is 28.4 Å². The van der Waals surface area contributed by atoms with Gasteiger partial charge in [-0.05, 0) is 97.1 Å². The molecule has 0 unspecified atom stereocenters. The fourth-order valence-electron chi connectivity index (χ4n) is 3.94. The fourth-order valence-corrected chi connectivity index (χ4v) is 7.75. The van der Waals surface area contributed by atoms with Crippen LogP contribution in [0.25, 0.3) is 0 Å². The van der Waals surface area contributed by atoms with Gasteiger partial charge in [0.25, 0.3) is 0 Å². The fraction of sp³-hybridized carbons (Fsp3) is 0.143. The third-order valence-corrected chi connectivity index (χ3v) is 9.57. The van der Waals surface area contributed by atoms with Crippen molar-refractivity contribution in [2.45, 2.75) is 19.6 Å². The topological polar surface area (TPSA) is 36.9 Å². The molecule has 0 aliphatic carbocycles. The Morgan fingerprint density at radius 1 is 0.333 bits per heavy atom. The summed E-state index contributed by atoms with van der Waals surface area (Å²) in [5.41, 5.74) is 0. The highest BCUT2D eigenvalue weighted by Gasteiger charge is 2.33. The standard InChI is InChI=1S/C28H28O4S/c1-29-21-5-13-25(14-6-21)33(26-15-7-22(30-2)8-16-26,27-17-9-23(31-3)10-18-27)28-19-11-24(32-4)12-20-28/h5-20H,1-4H3. The normalized spacial score (nSPS) is 11.5. The predicted molar refractivity (Wildman–Crippen MR) is 133 cm³/mol. The first-order valence-corrected chi connectivity index (χ1v) is 12.2. The summed E-state index contributed by atoms with van der Waals surface area (Å²) in [6.07, 6.45) is 0. The van der Waals surface area contributed by atoms with E-state index in [4.69, 9.17) is 18.9 Å². The maximum Gasteiger partial charge on any atom is 0.118 e. The van der Waals surface area contributed by atoms with E-state index in [2.05, 4.69) is 48.5 Å². The first-order chi connectivity index (χ1) is 16.1. The van der Waals surface area contributed by atoms with Gasteiger partial charge in [-0.3, -0.25) is 0 Å². The van der Waals surface area contributed by atoms with Crippen LogP contribution >= 0.6 is 10.0 Å². The molecule has 0 saturated heterocycles. The number of ether oxygens (including phenoxy) is 4. The molecule has 0 aliphatic rings. The molecule has 170 valence electrons. The van der Waals surface area contributed by atoms with Crippen molar-refractivity contribution < 1.29 is 18.9 Å². The molecule has 0 aromatic heterocycles. The van der Waals surface area contributed by atoms with Gasteiger partial charge in [0, 0.05) is 19.6 Å². The van der Waals surface area contributed by atoms with Crippen molar-refractivity contribution in [3.63, 3.8) is 0 Å². The maximum absolute atomic E-state index is 5.45. The highest BCUT2D eigenvalue weighted by atomic mass is 32.3. The van der Waals surface area contributed by atoms with Crippen LogP contribution in [0.15, 0.2) is 117 Å². The zero-order valence-electron chi connectivity index (χ0n) is 19.3. The van der Waals surface area contributed by atoms with Gasteiger partial charge in [-0.25, -0.2) is 0 Å². The molecular weight excluding hydrogens is 432 g/mol. The maximum atomic E-state index is 5.45. The van der Waals surface area contributed by atoms with Crippen LogP contribution in [0.5, 0.6) is 23.0 Å². The molecule has 4 nitrogen and oxygen atoms in total. The molecule has 0 atom stereocenters. The van der Waals surface area contributed by atoms with E-state index in [1.807, 2.05) is 48.5 Å². The van der Waals surface area contributed by atoms with Crippen molar-refractivity contribution >= 4 is 10.0 Å². The molecule has 4 rings (SSSR count). The van der Waals surface area contributed by atoms with E-state index in [1.165, 1.54) is 19.6 Å². The zero-order valence-corrected chi connectivity index (χ0v) is 20.1. The molecular formula is C28H28O4S. The molecule has 0 spiro atoms. The monoisotopic (exact) mass is 460 g/mol. The van der Waals surface area contributed by atoms with E-state index in [1.54, 1.807) is 28.4 Å². The minimum atomic E-state index is -1.83. The Balaban J connectivity index is 2.05. The number of hydrogen-bond acceptors (Lipinski definition) is 4. The van der Waals surface area contributed by atoms with E-state index in [-0.39, 0.29) is 0 Å². The van der Waals surface area contributed by atoms with Crippen LogP contribution in [0.2, 0.25) is 0 Å². The van der Waals surface area contributed by atoms with Crippen LogP contribution < -0.4 is 18.9 Å². The molecule has 0 fully saturated rings. The smallest absolute Gasteiger partial charge is 0.118 e. The van der Waals surface area contributed by atoms with Gasteiger partial charge in [0.1, 0.15) is 23.0 Å². The third-order valence-electron chi connectivity index (χ3n) is 5.65. The second-order valence-electron chi connectivity index (χ2n) is 7.31. The Labute approximate surface area is 197 Å². The van der Waals surface area contributed by atoms with Crippen molar-refractivity contribution in [1.29, 1.82) is 0 Å². The molecule has 0 amide bonds. The van der Waals surface area contributed by atoms with Gasteiger partial charge >= 0.3 is 0 Å². The zero-order chi connectivity index (χ0) is 23.3. The average molecular weight is 461 g/mol. The summed E-state index contributed by atoms with van der Waals surface area (Å²) in [6.45, 7) is 0.